The number of hydrogen-bond acceptors (Lipinski definition) is 3. The maximum Gasteiger partial charge on any atom is 0.162 e. The Morgan fingerprint density at radius 2 is 2.19 bits per heavy atom. The summed E-state index contributed by atoms with van der Waals surface area (Å²) in [4.78, 5) is 0. The molecule has 0 aliphatic heterocycles. The van der Waals surface area contributed by atoms with Crippen LogP contribution in [0.2, 0.25) is 0 Å². The van der Waals surface area contributed by atoms with E-state index in [9.17, 15) is 9.50 Å². The Labute approximate surface area is 94.1 Å². The molecule has 0 aliphatic carbocycles. The molecule has 0 spiro atoms. The molecule has 0 bridgehead atoms. The van der Waals surface area contributed by atoms with Crippen molar-refractivity contribution < 1.29 is 14.2 Å². The van der Waals surface area contributed by atoms with Crippen LogP contribution in [0.15, 0.2) is 12.1 Å². The lowest BCUT2D eigenvalue weighted by Gasteiger charge is -2.08. The minimum Gasteiger partial charge on any atom is -0.504 e. The Hall–Kier alpha value is -1.76. The van der Waals surface area contributed by atoms with E-state index in [1.807, 2.05) is 0 Å². The monoisotopic (exact) mass is 223 g/mol. The lowest BCUT2D eigenvalue weighted by molar-refractivity contribution is 0.289. The second-order valence-electron chi connectivity index (χ2n) is 3.47. The van der Waals surface area contributed by atoms with E-state index in [4.69, 9.17) is 10.00 Å². The molecular formula is C12H14FNO2. The van der Waals surface area contributed by atoms with E-state index in [0.717, 1.165) is 25.3 Å². The van der Waals surface area contributed by atoms with Crippen LogP contribution in [-0.4, -0.2) is 11.7 Å². The molecule has 1 rings (SSSR count). The highest BCUT2D eigenvalue weighted by atomic mass is 19.1. The first-order chi connectivity index (χ1) is 7.69. The molecule has 0 radical (unpaired) electrons. The van der Waals surface area contributed by atoms with Gasteiger partial charge in [0.15, 0.2) is 11.5 Å². The van der Waals surface area contributed by atoms with Gasteiger partial charge in [0.25, 0.3) is 0 Å². The van der Waals surface area contributed by atoms with Gasteiger partial charge in [0.1, 0.15) is 11.9 Å². The average Bonchev–Trinajstić information content (AvgIpc) is 2.27. The van der Waals surface area contributed by atoms with Gasteiger partial charge in [-0.15, -0.1) is 0 Å². The molecular weight excluding hydrogens is 209 g/mol. The molecule has 16 heavy (non-hydrogen) atoms. The number of hydrogen-bond donors (Lipinski definition) is 1. The summed E-state index contributed by atoms with van der Waals surface area (Å²) in [5.41, 5.74) is -0.122. The number of nitrogens with zero attached hydrogens (tertiary/aromatic N) is 1. The number of halogens is 1. The molecule has 0 saturated carbocycles. The van der Waals surface area contributed by atoms with Gasteiger partial charge in [-0.2, -0.15) is 5.26 Å². The lowest BCUT2D eigenvalue weighted by atomic mass is 10.2. The molecule has 3 nitrogen and oxygen atoms in total. The van der Waals surface area contributed by atoms with Crippen LogP contribution in [0, 0.1) is 17.1 Å². The van der Waals surface area contributed by atoms with E-state index in [1.165, 1.54) is 6.07 Å². The molecule has 0 aliphatic rings. The summed E-state index contributed by atoms with van der Waals surface area (Å²) in [6.45, 7) is 2.53. The van der Waals surface area contributed by atoms with Crippen LogP contribution >= 0.6 is 0 Å². The van der Waals surface area contributed by atoms with Gasteiger partial charge >= 0.3 is 0 Å². The van der Waals surface area contributed by atoms with Crippen LogP contribution in [0.1, 0.15) is 31.7 Å². The normalized spacial score (nSPS) is 9.81. The molecule has 0 unspecified atom stereocenters. The fourth-order valence-corrected chi connectivity index (χ4v) is 1.28. The molecule has 1 aromatic rings. The van der Waals surface area contributed by atoms with E-state index >= 15 is 0 Å². The molecule has 1 N–H and O–H groups in total. The zero-order valence-electron chi connectivity index (χ0n) is 9.16. The van der Waals surface area contributed by atoms with E-state index in [1.54, 1.807) is 6.07 Å². The molecule has 4 heteroatoms. The second-order valence-corrected chi connectivity index (χ2v) is 3.47. The highest BCUT2D eigenvalue weighted by molar-refractivity contribution is 5.46. The van der Waals surface area contributed by atoms with Crippen molar-refractivity contribution in [2.45, 2.75) is 26.2 Å². The Balaban J connectivity index is 2.69. The van der Waals surface area contributed by atoms with Gasteiger partial charge in [0, 0.05) is 12.1 Å². The summed E-state index contributed by atoms with van der Waals surface area (Å²) in [5, 5.41) is 18.0. The van der Waals surface area contributed by atoms with E-state index in [0.29, 0.717) is 6.61 Å². The van der Waals surface area contributed by atoms with Crippen molar-refractivity contribution in [3.05, 3.63) is 23.5 Å². The van der Waals surface area contributed by atoms with Crippen molar-refractivity contribution in [3.63, 3.8) is 0 Å². The van der Waals surface area contributed by atoms with Crippen molar-refractivity contribution >= 4 is 0 Å². The molecule has 0 atom stereocenters. The number of phenolic OH excluding ortho intramolecular Hbond substituents is 1. The van der Waals surface area contributed by atoms with Crippen LogP contribution in [0.5, 0.6) is 11.5 Å². The number of nitriles is 1. The van der Waals surface area contributed by atoms with Gasteiger partial charge in [-0.25, -0.2) is 4.39 Å². The molecule has 0 saturated heterocycles. The minimum atomic E-state index is -0.735. The minimum absolute atomic E-state index is 0.122. The summed E-state index contributed by atoms with van der Waals surface area (Å²) >= 11 is 0. The van der Waals surface area contributed by atoms with Crippen molar-refractivity contribution in [3.8, 4) is 17.6 Å². The Morgan fingerprint density at radius 3 is 2.81 bits per heavy atom. The first-order valence-corrected chi connectivity index (χ1v) is 5.24. The zero-order valence-corrected chi connectivity index (χ0v) is 9.16. The first kappa shape index (κ1) is 12.3. The van der Waals surface area contributed by atoms with E-state index < -0.39 is 5.82 Å². The van der Waals surface area contributed by atoms with Crippen LogP contribution in [-0.2, 0) is 0 Å². The third-order valence-corrected chi connectivity index (χ3v) is 2.17. The van der Waals surface area contributed by atoms with Crippen molar-refractivity contribution in [2.75, 3.05) is 6.61 Å². The predicted octanol–water partition coefficient (Wildman–Crippen LogP) is 2.97. The van der Waals surface area contributed by atoms with Gasteiger partial charge in [-0.1, -0.05) is 19.8 Å². The summed E-state index contributed by atoms with van der Waals surface area (Å²) < 4.78 is 18.3. The highest BCUT2D eigenvalue weighted by Crippen LogP contribution is 2.28. The topological polar surface area (TPSA) is 53.2 Å². The number of ether oxygens (including phenoxy) is 1. The van der Waals surface area contributed by atoms with Crippen molar-refractivity contribution in [1.82, 2.24) is 0 Å². The molecule has 86 valence electrons. The fraction of sp³-hybridized carbons (Fsp3) is 0.417. The maximum absolute atomic E-state index is 13.0. The lowest BCUT2D eigenvalue weighted by Crippen LogP contribution is -1.98. The number of phenols is 1. The standard InChI is InChI=1S/C12H14FNO2/c1-2-3-4-5-16-12-6-9(8-14)10(13)7-11(12)15/h6-7,15H,2-5H2,1H3. The Bertz CT molecular complexity index is 399. The number of aromatic hydroxyl groups is 1. The first-order valence-electron chi connectivity index (χ1n) is 5.24. The van der Waals surface area contributed by atoms with Crippen molar-refractivity contribution in [1.29, 1.82) is 5.26 Å². The van der Waals surface area contributed by atoms with Crippen LogP contribution in [0.25, 0.3) is 0 Å². The van der Waals surface area contributed by atoms with Gasteiger partial charge in [0.2, 0.25) is 0 Å². The molecule has 0 amide bonds. The zero-order chi connectivity index (χ0) is 12.0. The van der Waals surface area contributed by atoms with Gasteiger partial charge in [0.05, 0.1) is 12.2 Å². The van der Waals surface area contributed by atoms with Crippen molar-refractivity contribution in [2.24, 2.45) is 0 Å². The Morgan fingerprint density at radius 1 is 1.44 bits per heavy atom. The predicted molar refractivity (Wildman–Crippen MR) is 57.8 cm³/mol. The van der Waals surface area contributed by atoms with Crippen LogP contribution in [0.3, 0.4) is 0 Å². The molecule has 1 aromatic carbocycles. The van der Waals surface area contributed by atoms with Crippen LogP contribution < -0.4 is 4.74 Å². The molecule has 0 heterocycles. The third-order valence-electron chi connectivity index (χ3n) is 2.17. The number of benzene rings is 1. The third kappa shape index (κ3) is 3.13. The average molecular weight is 223 g/mol. The Kier molecular flexibility index (Phi) is 4.59. The fourth-order valence-electron chi connectivity index (χ4n) is 1.28. The quantitative estimate of drug-likeness (QED) is 0.781. The second kappa shape index (κ2) is 5.96. The SMILES string of the molecule is CCCCCOc1cc(C#N)c(F)cc1O. The summed E-state index contributed by atoms with van der Waals surface area (Å²) in [6.07, 6.45) is 2.98. The summed E-state index contributed by atoms with van der Waals surface area (Å²) in [6, 6.07) is 3.81. The van der Waals surface area contributed by atoms with Crippen LogP contribution in [0.4, 0.5) is 4.39 Å². The van der Waals surface area contributed by atoms with E-state index in [-0.39, 0.29) is 17.1 Å². The van der Waals surface area contributed by atoms with Gasteiger partial charge < -0.3 is 9.84 Å². The largest absolute Gasteiger partial charge is 0.504 e. The smallest absolute Gasteiger partial charge is 0.162 e. The number of unbranched alkanes of at least 4 members (excludes halogenated alkanes) is 2. The maximum atomic E-state index is 13.0. The van der Waals surface area contributed by atoms with E-state index in [2.05, 4.69) is 6.92 Å². The summed E-state index contributed by atoms with van der Waals surface area (Å²) in [5.74, 6) is -0.844. The van der Waals surface area contributed by atoms with Gasteiger partial charge in [-0.3, -0.25) is 0 Å². The summed E-state index contributed by atoms with van der Waals surface area (Å²) in [7, 11) is 0. The highest BCUT2D eigenvalue weighted by Gasteiger charge is 2.09. The molecule has 0 fully saturated rings. The van der Waals surface area contributed by atoms with Gasteiger partial charge in [-0.05, 0) is 6.42 Å². The molecule has 0 aromatic heterocycles. The number of rotatable bonds is 5.